The molecular weight excluding hydrogens is 140 g/mol. The number of allylic oxidation sites excluding steroid dienone is 4. The average molecular weight is 149 g/mol. The van der Waals surface area contributed by atoms with Gasteiger partial charge in [0, 0.05) is 11.5 Å². The summed E-state index contributed by atoms with van der Waals surface area (Å²) in [4.78, 5) is 21.3. The lowest BCUT2D eigenvalue weighted by atomic mass is 9.90. The summed E-state index contributed by atoms with van der Waals surface area (Å²) in [5.41, 5.74) is 0.572. The minimum absolute atomic E-state index is 0.0392. The van der Waals surface area contributed by atoms with Crippen LogP contribution in [0.25, 0.3) is 0 Å². The molecule has 0 saturated carbocycles. The van der Waals surface area contributed by atoms with Gasteiger partial charge in [-0.1, -0.05) is 18.2 Å². The minimum Gasteiger partial charge on any atom is -0.303 e. The van der Waals surface area contributed by atoms with Gasteiger partial charge < -0.3 is 4.79 Å². The Labute approximate surface area is 65.6 Å². The first kappa shape index (κ1) is 7.92. The number of carbonyl (C=O) groups is 2. The van der Waals surface area contributed by atoms with Crippen molar-refractivity contribution in [2.24, 2.45) is 5.92 Å². The first-order valence-electron chi connectivity index (χ1n) is 3.43. The zero-order chi connectivity index (χ0) is 8.27. The number of Topliss-reactive ketones (excluding diaryl/α,β-unsaturated/α-hetero) is 1. The van der Waals surface area contributed by atoms with Crippen LogP contribution in [0.2, 0.25) is 0 Å². The van der Waals surface area contributed by atoms with Gasteiger partial charge in [0.25, 0.3) is 0 Å². The van der Waals surface area contributed by atoms with Crippen molar-refractivity contribution in [3.05, 3.63) is 30.2 Å². The Kier molecular flexibility index (Phi) is 2.36. The van der Waals surface area contributed by atoms with Crippen molar-refractivity contribution in [1.29, 1.82) is 0 Å². The fourth-order valence-electron chi connectivity index (χ4n) is 1.03. The van der Waals surface area contributed by atoms with Gasteiger partial charge >= 0.3 is 0 Å². The van der Waals surface area contributed by atoms with Crippen molar-refractivity contribution >= 4 is 12.1 Å². The Bertz CT molecular complexity index is 236. The molecule has 1 atom stereocenters. The van der Waals surface area contributed by atoms with Gasteiger partial charge in [-0.2, -0.15) is 0 Å². The summed E-state index contributed by atoms with van der Waals surface area (Å²) in [7, 11) is 0. The van der Waals surface area contributed by atoms with Crippen molar-refractivity contribution in [2.45, 2.75) is 6.92 Å². The van der Waals surface area contributed by atoms with E-state index in [9.17, 15) is 9.59 Å². The Morgan fingerprint density at radius 3 is 2.73 bits per heavy atom. The molecule has 1 unspecified atom stereocenters. The first-order valence-corrected chi connectivity index (χ1v) is 3.43. The van der Waals surface area contributed by atoms with Gasteiger partial charge in [0.2, 0.25) is 0 Å². The monoisotopic (exact) mass is 149 g/mol. The highest BCUT2D eigenvalue weighted by Crippen LogP contribution is 2.17. The highest BCUT2D eigenvalue weighted by atomic mass is 16.1. The van der Waals surface area contributed by atoms with Crippen LogP contribution < -0.4 is 0 Å². The second-order valence-corrected chi connectivity index (χ2v) is 2.42. The molecule has 1 aliphatic rings. The van der Waals surface area contributed by atoms with Crippen molar-refractivity contribution in [2.75, 3.05) is 0 Å². The maximum absolute atomic E-state index is 10.9. The summed E-state index contributed by atoms with van der Waals surface area (Å²) in [6.07, 6.45) is 7.70. The lowest BCUT2D eigenvalue weighted by molar-refractivity contribution is -0.116. The van der Waals surface area contributed by atoms with E-state index in [1.807, 2.05) is 0 Å². The second kappa shape index (κ2) is 3.28. The lowest BCUT2D eigenvalue weighted by Gasteiger charge is -2.11. The van der Waals surface area contributed by atoms with Gasteiger partial charge in [-0.15, -0.1) is 0 Å². The fraction of sp³-hybridized carbons (Fsp3) is 0.222. The zero-order valence-electron chi connectivity index (χ0n) is 6.28. The molecule has 0 heterocycles. The number of rotatable bonds is 2. The molecule has 0 aromatic carbocycles. The summed E-state index contributed by atoms with van der Waals surface area (Å²) in [5.74, 6) is -0.375. The van der Waals surface area contributed by atoms with E-state index in [0.717, 1.165) is 6.29 Å². The molecule has 1 aliphatic carbocycles. The van der Waals surface area contributed by atoms with Crippen LogP contribution in [0, 0.1) is 12.3 Å². The van der Waals surface area contributed by atoms with Gasteiger partial charge in [-0.3, -0.25) is 4.79 Å². The van der Waals surface area contributed by atoms with Gasteiger partial charge in [0.1, 0.15) is 6.29 Å². The molecule has 57 valence electrons. The number of hydrogen-bond donors (Lipinski definition) is 0. The molecule has 0 N–H and O–H groups in total. The second-order valence-electron chi connectivity index (χ2n) is 2.42. The lowest BCUT2D eigenvalue weighted by Crippen LogP contribution is -2.13. The molecule has 0 aliphatic heterocycles. The first-order chi connectivity index (χ1) is 5.25. The van der Waals surface area contributed by atoms with Crippen LogP contribution >= 0.6 is 0 Å². The van der Waals surface area contributed by atoms with Gasteiger partial charge in [0.15, 0.2) is 5.78 Å². The predicted molar refractivity (Wildman–Crippen MR) is 41.8 cm³/mol. The van der Waals surface area contributed by atoms with Crippen molar-refractivity contribution in [3.63, 3.8) is 0 Å². The molecule has 2 heteroatoms. The minimum atomic E-state index is -0.336. The molecule has 1 rings (SSSR count). The summed E-state index contributed by atoms with van der Waals surface area (Å²) in [5, 5.41) is 0. The largest absolute Gasteiger partial charge is 0.303 e. The molecule has 0 saturated heterocycles. The van der Waals surface area contributed by atoms with E-state index in [1.165, 1.54) is 6.92 Å². The van der Waals surface area contributed by atoms with Crippen LogP contribution in [0.4, 0.5) is 0 Å². The van der Waals surface area contributed by atoms with Crippen LogP contribution in [0.3, 0.4) is 0 Å². The van der Waals surface area contributed by atoms with E-state index in [-0.39, 0.29) is 11.7 Å². The van der Waals surface area contributed by atoms with Gasteiger partial charge in [-0.05, 0) is 13.3 Å². The molecule has 1 radical (unpaired) electrons. The van der Waals surface area contributed by atoms with Crippen LogP contribution in [-0.4, -0.2) is 12.1 Å². The number of aldehydes is 1. The molecule has 0 bridgehead atoms. The third-order valence-corrected chi connectivity index (χ3v) is 1.62. The Balaban J connectivity index is 2.86. The predicted octanol–water partition coefficient (Wildman–Crippen LogP) is 1.09. The molecule has 2 nitrogen and oxygen atoms in total. The molecule has 11 heavy (non-hydrogen) atoms. The Morgan fingerprint density at radius 1 is 1.55 bits per heavy atom. The zero-order valence-corrected chi connectivity index (χ0v) is 6.28. The van der Waals surface area contributed by atoms with Crippen LogP contribution in [0.15, 0.2) is 23.8 Å². The molecule has 0 aromatic rings. The van der Waals surface area contributed by atoms with Crippen molar-refractivity contribution < 1.29 is 9.59 Å². The van der Waals surface area contributed by atoms with E-state index >= 15 is 0 Å². The quantitative estimate of drug-likeness (QED) is 0.551. The number of carbonyl (C=O) groups excluding carboxylic acids is 2. The van der Waals surface area contributed by atoms with E-state index in [1.54, 1.807) is 24.6 Å². The molecule has 0 amide bonds. The SMILES string of the molecule is CC(=O)C1=CC=C[CH]C1C=O. The Morgan fingerprint density at radius 2 is 2.27 bits per heavy atom. The number of ketones is 1. The molecule has 0 fully saturated rings. The molecule has 0 aromatic heterocycles. The van der Waals surface area contributed by atoms with Gasteiger partial charge in [0.05, 0.1) is 0 Å². The molecular formula is C9H9O2. The summed E-state index contributed by atoms with van der Waals surface area (Å²) in [6, 6.07) is 0. The van der Waals surface area contributed by atoms with Gasteiger partial charge in [-0.25, -0.2) is 0 Å². The third-order valence-electron chi connectivity index (χ3n) is 1.62. The fourth-order valence-corrected chi connectivity index (χ4v) is 1.03. The summed E-state index contributed by atoms with van der Waals surface area (Å²) < 4.78 is 0. The number of hydrogen-bond acceptors (Lipinski definition) is 2. The molecule has 0 spiro atoms. The van der Waals surface area contributed by atoms with Crippen LogP contribution in [0.1, 0.15) is 6.92 Å². The van der Waals surface area contributed by atoms with Crippen LogP contribution in [-0.2, 0) is 9.59 Å². The van der Waals surface area contributed by atoms with E-state index in [2.05, 4.69) is 0 Å². The highest BCUT2D eigenvalue weighted by Gasteiger charge is 2.17. The van der Waals surface area contributed by atoms with Crippen LogP contribution in [0.5, 0.6) is 0 Å². The average Bonchev–Trinajstić information content (AvgIpc) is 2.04. The topological polar surface area (TPSA) is 34.1 Å². The normalized spacial score (nSPS) is 22.6. The maximum atomic E-state index is 10.9. The summed E-state index contributed by atoms with van der Waals surface area (Å²) in [6.45, 7) is 1.47. The van der Waals surface area contributed by atoms with Crippen molar-refractivity contribution in [1.82, 2.24) is 0 Å². The Hall–Kier alpha value is -1.18. The standard InChI is InChI=1S/C9H9O2/c1-7(11)9-5-3-2-4-8(9)6-10/h2-6,8H,1H3. The smallest absolute Gasteiger partial charge is 0.156 e. The van der Waals surface area contributed by atoms with E-state index in [0.29, 0.717) is 5.57 Å². The third kappa shape index (κ3) is 1.64. The van der Waals surface area contributed by atoms with E-state index in [4.69, 9.17) is 0 Å². The maximum Gasteiger partial charge on any atom is 0.156 e. The summed E-state index contributed by atoms with van der Waals surface area (Å²) >= 11 is 0. The highest BCUT2D eigenvalue weighted by molar-refractivity contribution is 5.98. The van der Waals surface area contributed by atoms with Crippen molar-refractivity contribution in [3.8, 4) is 0 Å². The van der Waals surface area contributed by atoms with E-state index < -0.39 is 0 Å².